The summed E-state index contributed by atoms with van der Waals surface area (Å²) in [6, 6.07) is 8.03. The molecule has 4 nitrogen and oxygen atoms in total. The summed E-state index contributed by atoms with van der Waals surface area (Å²) in [7, 11) is 1.98. The number of likely N-dealkylation sites (N-methyl/N-ethyl adjacent to an activating group) is 1. The molecule has 0 aliphatic rings. The van der Waals surface area contributed by atoms with Gasteiger partial charge in [-0.1, -0.05) is 18.2 Å². The van der Waals surface area contributed by atoms with Crippen molar-refractivity contribution < 1.29 is 5.11 Å². The predicted molar refractivity (Wildman–Crippen MR) is 59.5 cm³/mol. The largest absolute Gasteiger partial charge is 0.395 e. The number of rotatable bonds is 4. The van der Waals surface area contributed by atoms with Gasteiger partial charge >= 0.3 is 0 Å². The van der Waals surface area contributed by atoms with E-state index in [4.69, 9.17) is 5.11 Å². The SMILES string of the molecule is CN(CCO)Cc1[nH]nc2ccccc12. The molecule has 1 aromatic carbocycles. The molecule has 0 atom stereocenters. The van der Waals surface area contributed by atoms with Crippen LogP contribution in [0.1, 0.15) is 5.69 Å². The van der Waals surface area contributed by atoms with E-state index in [-0.39, 0.29) is 6.61 Å². The molecule has 0 aliphatic carbocycles. The minimum absolute atomic E-state index is 0.183. The second kappa shape index (κ2) is 4.42. The maximum atomic E-state index is 8.81. The van der Waals surface area contributed by atoms with Gasteiger partial charge in [-0.3, -0.25) is 10.00 Å². The van der Waals surface area contributed by atoms with Crippen molar-refractivity contribution in [3.63, 3.8) is 0 Å². The third kappa shape index (κ3) is 2.16. The second-order valence-electron chi connectivity index (χ2n) is 3.68. The number of aromatic amines is 1. The lowest BCUT2D eigenvalue weighted by Gasteiger charge is -2.13. The molecule has 1 heterocycles. The normalized spacial score (nSPS) is 11.4. The number of aromatic nitrogens is 2. The van der Waals surface area contributed by atoms with Gasteiger partial charge < -0.3 is 5.11 Å². The van der Waals surface area contributed by atoms with E-state index < -0.39 is 0 Å². The fraction of sp³-hybridized carbons (Fsp3) is 0.364. The van der Waals surface area contributed by atoms with Crippen molar-refractivity contribution in [1.29, 1.82) is 0 Å². The highest BCUT2D eigenvalue weighted by Gasteiger charge is 2.06. The Hall–Kier alpha value is -1.39. The topological polar surface area (TPSA) is 52.1 Å². The number of hydrogen-bond acceptors (Lipinski definition) is 3. The highest BCUT2D eigenvalue weighted by molar-refractivity contribution is 5.81. The van der Waals surface area contributed by atoms with Gasteiger partial charge in [0.05, 0.1) is 17.8 Å². The van der Waals surface area contributed by atoms with E-state index in [2.05, 4.69) is 21.2 Å². The lowest BCUT2D eigenvalue weighted by molar-refractivity contribution is 0.216. The van der Waals surface area contributed by atoms with Gasteiger partial charge in [0.1, 0.15) is 0 Å². The van der Waals surface area contributed by atoms with Gasteiger partial charge in [-0.25, -0.2) is 0 Å². The van der Waals surface area contributed by atoms with E-state index in [1.807, 2.05) is 25.2 Å². The number of H-pyrrole nitrogens is 1. The summed E-state index contributed by atoms with van der Waals surface area (Å²) in [6.45, 7) is 1.64. The minimum Gasteiger partial charge on any atom is -0.395 e. The molecule has 2 aromatic rings. The lowest BCUT2D eigenvalue weighted by Crippen LogP contribution is -2.21. The molecule has 2 rings (SSSR count). The van der Waals surface area contributed by atoms with Crippen molar-refractivity contribution in [3.8, 4) is 0 Å². The van der Waals surface area contributed by atoms with Crippen LogP contribution in [0.5, 0.6) is 0 Å². The molecule has 0 fully saturated rings. The Morgan fingerprint density at radius 2 is 2.20 bits per heavy atom. The molecule has 0 amide bonds. The Morgan fingerprint density at radius 1 is 1.40 bits per heavy atom. The van der Waals surface area contributed by atoms with E-state index in [9.17, 15) is 0 Å². The summed E-state index contributed by atoms with van der Waals surface area (Å²) >= 11 is 0. The van der Waals surface area contributed by atoms with Crippen molar-refractivity contribution in [2.24, 2.45) is 0 Å². The Morgan fingerprint density at radius 3 is 3.00 bits per heavy atom. The van der Waals surface area contributed by atoms with E-state index in [1.165, 1.54) is 0 Å². The second-order valence-corrected chi connectivity index (χ2v) is 3.68. The zero-order valence-corrected chi connectivity index (χ0v) is 8.77. The van der Waals surface area contributed by atoms with E-state index in [0.717, 1.165) is 23.1 Å². The Labute approximate surface area is 88.5 Å². The first-order valence-corrected chi connectivity index (χ1v) is 5.02. The van der Waals surface area contributed by atoms with Crippen LogP contribution in [-0.4, -0.2) is 40.4 Å². The van der Waals surface area contributed by atoms with Crippen LogP contribution in [-0.2, 0) is 6.54 Å². The number of aliphatic hydroxyl groups excluding tert-OH is 1. The molecule has 0 spiro atoms. The maximum absolute atomic E-state index is 8.81. The molecule has 80 valence electrons. The van der Waals surface area contributed by atoms with E-state index >= 15 is 0 Å². The molecule has 0 saturated heterocycles. The summed E-state index contributed by atoms with van der Waals surface area (Å²) in [5.74, 6) is 0. The molecule has 0 unspecified atom stereocenters. The Kier molecular flexibility index (Phi) is 2.99. The molecule has 0 aliphatic heterocycles. The Balaban J connectivity index is 2.21. The smallest absolute Gasteiger partial charge is 0.0924 e. The third-order valence-electron chi connectivity index (χ3n) is 2.45. The standard InChI is InChI=1S/C11H15N3O/c1-14(6-7-15)8-11-9-4-2-3-5-10(9)12-13-11/h2-5,15H,6-8H2,1H3,(H,12,13). The molecular weight excluding hydrogens is 190 g/mol. The van der Waals surface area contributed by atoms with E-state index in [1.54, 1.807) is 0 Å². The lowest BCUT2D eigenvalue weighted by atomic mass is 10.2. The van der Waals surface area contributed by atoms with Crippen LogP contribution in [0.25, 0.3) is 10.9 Å². The molecule has 15 heavy (non-hydrogen) atoms. The summed E-state index contributed by atoms with van der Waals surface area (Å²) in [5.41, 5.74) is 2.09. The van der Waals surface area contributed by atoms with Crippen molar-refractivity contribution in [2.75, 3.05) is 20.2 Å². The van der Waals surface area contributed by atoms with Crippen molar-refractivity contribution in [3.05, 3.63) is 30.0 Å². The number of para-hydroxylation sites is 1. The van der Waals surface area contributed by atoms with Gasteiger partial charge in [0.2, 0.25) is 0 Å². The summed E-state index contributed by atoms with van der Waals surface area (Å²) < 4.78 is 0. The van der Waals surface area contributed by atoms with Gasteiger partial charge in [-0.05, 0) is 13.1 Å². The highest BCUT2D eigenvalue weighted by atomic mass is 16.3. The van der Waals surface area contributed by atoms with Crippen molar-refractivity contribution >= 4 is 10.9 Å². The van der Waals surface area contributed by atoms with Crippen LogP contribution in [0.2, 0.25) is 0 Å². The number of nitrogens with one attached hydrogen (secondary N) is 1. The van der Waals surface area contributed by atoms with E-state index in [0.29, 0.717) is 6.54 Å². The number of fused-ring (bicyclic) bond motifs is 1. The quantitative estimate of drug-likeness (QED) is 0.782. The first-order chi connectivity index (χ1) is 7.31. The highest BCUT2D eigenvalue weighted by Crippen LogP contribution is 2.15. The molecule has 0 radical (unpaired) electrons. The number of nitrogens with zero attached hydrogens (tertiary/aromatic N) is 2. The molecule has 4 heteroatoms. The van der Waals surface area contributed by atoms with Crippen molar-refractivity contribution in [1.82, 2.24) is 15.1 Å². The minimum atomic E-state index is 0.183. The zero-order chi connectivity index (χ0) is 10.7. The fourth-order valence-electron chi connectivity index (χ4n) is 1.65. The summed E-state index contributed by atoms with van der Waals surface area (Å²) in [5, 5.41) is 17.2. The van der Waals surface area contributed by atoms with Crippen LogP contribution in [0.15, 0.2) is 24.3 Å². The number of hydrogen-bond donors (Lipinski definition) is 2. The third-order valence-corrected chi connectivity index (χ3v) is 2.45. The fourth-order valence-corrected chi connectivity index (χ4v) is 1.65. The first kappa shape index (κ1) is 10.1. The monoisotopic (exact) mass is 205 g/mol. The Bertz CT molecular complexity index is 438. The summed E-state index contributed by atoms with van der Waals surface area (Å²) in [6.07, 6.45) is 0. The van der Waals surface area contributed by atoms with Crippen LogP contribution in [0, 0.1) is 0 Å². The van der Waals surface area contributed by atoms with Gasteiger partial charge in [0.15, 0.2) is 0 Å². The van der Waals surface area contributed by atoms with Gasteiger partial charge in [0, 0.05) is 18.5 Å². The molecular formula is C11H15N3O. The van der Waals surface area contributed by atoms with Crippen LogP contribution in [0.4, 0.5) is 0 Å². The van der Waals surface area contributed by atoms with Crippen LogP contribution in [0.3, 0.4) is 0 Å². The molecule has 0 bridgehead atoms. The molecule has 0 saturated carbocycles. The van der Waals surface area contributed by atoms with Gasteiger partial charge in [-0.15, -0.1) is 0 Å². The summed E-state index contributed by atoms with van der Waals surface area (Å²) in [4.78, 5) is 2.06. The van der Waals surface area contributed by atoms with Gasteiger partial charge in [0.25, 0.3) is 0 Å². The van der Waals surface area contributed by atoms with Gasteiger partial charge in [-0.2, -0.15) is 5.10 Å². The average molecular weight is 205 g/mol. The zero-order valence-electron chi connectivity index (χ0n) is 8.77. The molecule has 2 N–H and O–H groups in total. The predicted octanol–water partition coefficient (Wildman–Crippen LogP) is 0.987. The van der Waals surface area contributed by atoms with Crippen LogP contribution >= 0.6 is 0 Å². The average Bonchev–Trinajstić information content (AvgIpc) is 2.62. The van der Waals surface area contributed by atoms with Crippen molar-refractivity contribution in [2.45, 2.75) is 6.54 Å². The maximum Gasteiger partial charge on any atom is 0.0924 e. The number of benzene rings is 1. The first-order valence-electron chi connectivity index (χ1n) is 5.02. The molecule has 1 aromatic heterocycles. The number of aliphatic hydroxyl groups is 1. The van der Waals surface area contributed by atoms with Crippen LogP contribution < -0.4 is 0 Å².